The summed E-state index contributed by atoms with van der Waals surface area (Å²) < 4.78 is 23.8. The van der Waals surface area contributed by atoms with Crippen LogP contribution in [0.1, 0.15) is 64.5 Å². The number of carbonyl (C=O) groups is 3. The Balaban J connectivity index is 0.948. The number of ether oxygens (including phenoxy) is 1. The van der Waals surface area contributed by atoms with Crippen molar-refractivity contribution in [3.05, 3.63) is 286 Å². The van der Waals surface area contributed by atoms with Crippen molar-refractivity contribution in [1.82, 2.24) is 25.0 Å². The van der Waals surface area contributed by atoms with Crippen LogP contribution in [-0.2, 0) is 59.0 Å². The SMILES string of the molecule is CCCCOC(=O)C1=C(C[n+]2ccccc2)CS(=O)[C@H]2[C@H](NC(=O)C(=NOCc3ccn(C(c4ccccc4)(c4ccccc4)c4ccccc4)n3)c3csc(NC(c4ccccc4)(c4ccccc4)c4ccccc4)n3)C(=O)N12. The number of amides is 2. The van der Waals surface area contributed by atoms with Gasteiger partial charge in [0.15, 0.2) is 36.4 Å². The number of anilines is 1. The van der Waals surface area contributed by atoms with Gasteiger partial charge in [0.1, 0.15) is 39.6 Å². The molecule has 11 rings (SSSR count). The summed E-state index contributed by atoms with van der Waals surface area (Å²) in [7, 11) is -1.73. The first kappa shape index (κ1) is 52.9. The highest BCUT2D eigenvalue weighted by atomic mass is 32.2. The number of hydrogen-bond acceptors (Lipinski definition) is 11. The maximum absolute atomic E-state index is 15.0. The van der Waals surface area contributed by atoms with E-state index in [1.54, 1.807) is 5.38 Å². The second-order valence-electron chi connectivity index (χ2n) is 19.3. The van der Waals surface area contributed by atoms with E-state index in [2.05, 4.69) is 88.6 Å². The number of β-lactam (4-membered cyclic amide) rings is 1. The molecule has 5 heterocycles. The van der Waals surface area contributed by atoms with Crippen LogP contribution in [0.4, 0.5) is 5.13 Å². The number of esters is 1. The summed E-state index contributed by atoms with van der Waals surface area (Å²) in [6.07, 6.45) is 6.99. The summed E-state index contributed by atoms with van der Waals surface area (Å²) in [5, 5.41) is 17.4. The smallest absolute Gasteiger partial charge is 0.355 e. The lowest BCUT2D eigenvalue weighted by Gasteiger charge is -2.49. The molecule has 400 valence electrons. The molecule has 16 heteroatoms. The maximum Gasteiger partial charge on any atom is 0.355 e. The number of pyridine rings is 1. The average Bonchev–Trinajstić information content (AvgIpc) is 3.85. The molecule has 9 aromatic rings. The minimum absolute atomic E-state index is 0.0230. The predicted octanol–water partition coefficient (Wildman–Crippen LogP) is 9.51. The Morgan fingerprint density at radius 1 is 0.725 bits per heavy atom. The van der Waals surface area contributed by atoms with E-state index in [1.807, 2.05) is 168 Å². The fourth-order valence-electron chi connectivity index (χ4n) is 10.6. The number of fused-ring (bicyclic) bond motifs is 1. The number of unbranched alkanes of at least 4 members (excludes halogenated alkanes) is 1. The third-order valence-corrected chi connectivity index (χ3v) is 16.8. The van der Waals surface area contributed by atoms with Gasteiger partial charge < -0.3 is 20.2 Å². The molecule has 80 heavy (non-hydrogen) atoms. The van der Waals surface area contributed by atoms with Gasteiger partial charge in [-0.2, -0.15) is 5.10 Å². The van der Waals surface area contributed by atoms with Crippen molar-refractivity contribution in [3.63, 3.8) is 0 Å². The Kier molecular flexibility index (Phi) is 15.8. The quantitative estimate of drug-likeness (QED) is 0.0136. The number of benzene rings is 6. The molecule has 14 nitrogen and oxygen atoms in total. The van der Waals surface area contributed by atoms with Crippen molar-refractivity contribution in [2.24, 2.45) is 5.16 Å². The molecule has 0 saturated carbocycles. The van der Waals surface area contributed by atoms with E-state index in [9.17, 15) is 13.8 Å². The summed E-state index contributed by atoms with van der Waals surface area (Å²) >= 11 is 1.27. The van der Waals surface area contributed by atoms with Crippen LogP contribution >= 0.6 is 11.3 Å². The molecule has 1 fully saturated rings. The number of nitrogens with zero attached hydrogens (tertiary/aromatic N) is 6. The molecule has 0 radical (unpaired) electrons. The number of oxime groups is 1. The number of thiazole rings is 1. The molecule has 1 saturated heterocycles. The molecule has 3 atom stereocenters. The van der Waals surface area contributed by atoms with Crippen molar-refractivity contribution >= 4 is 50.8 Å². The van der Waals surface area contributed by atoms with E-state index in [-0.39, 0.29) is 42.6 Å². The van der Waals surface area contributed by atoms with Gasteiger partial charge in [-0.15, -0.1) is 11.3 Å². The third kappa shape index (κ3) is 10.4. The Hall–Kier alpha value is -9.12. The van der Waals surface area contributed by atoms with Crippen LogP contribution in [0.3, 0.4) is 0 Å². The normalized spacial score (nSPS) is 16.3. The molecular formula is C64H57N8O6S2+. The van der Waals surface area contributed by atoms with Crippen LogP contribution in [-0.4, -0.2) is 71.1 Å². The molecule has 3 aromatic heterocycles. The molecule has 0 bridgehead atoms. The number of nitrogens with one attached hydrogen (secondary N) is 2. The summed E-state index contributed by atoms with van der Waals surface area (Å²) in [5.41, 5.74) is 4.90. The second kappa shape index (κ2) is 23.9. The fourth-order valence-corrected chi connectivity index (χ4v) is 13.0. The van der Waals surface area contributed by atoms with Crippen molar-refractivity contribution in [2.45, 2.75) is 55.4 Å². The van der Waals surface area contributed by atoms with Crippen LogP contribution in [0.2, 0.25) is 0 Å². The van der Waals surface area contributed by atoms with Crippen molar-refractivity contribution in [1.29, 1.82) is 0 Å². The predicted molar refractivity (Wildman–Crippen MR) is 308 cm³/mol. The molecule has 2 aliphatic heterocycles. The molecule has 1 unspecified atom stereocenters. The minimum atomic E-state index is -1.73. The Morgan fingerprint density at radius 3 is 1.76 bits per heavy atom. The van der Waals surface area contributed by atoms with Gasteiger partial charge in [0, 0.05) is 29.3 Å². The number of rotatable bonds is 21. The monoisotopic (exact) mass is 1100 g/mol. The lowest BCUT2D eigenvalue weighted by atomic mass is 9.77. The summed E-state index contributed by atoms with van der Waals surface area (Å²) in [4.78, 5) is 55.8. The third-order valence-electron chi connectivity index (χ3n) is 14.4. The summed E-state index contributed by atoms with van der Waals surface area (Å²) in [6, 6.07) is 66.9. The molecule has 2 N–H and O–H groups in total. The van der Waals surface area contributed by atoms with Crippen LogP contribution in [0.25, 0.3) is 0 Å². The highest BCUT2D eigenvalue weighted by Crippen LogP contribution is 2.43. The molecule has 6 aromatic carbocycles. The van der Waals surface area contributed by atoms with Gasteiger partial charge in [-0.25, -0.2) is 14.3 Å². The summed E-state index contributed by atoms with van der Waals surface area (Å²) in [6.45, 7) is 2.18. The van der Waals surface area contributed by atoms with Crippen molar-refractivity contribution in [2.75, 3.05) is 17.7 Å². The topological polar surface area (TPSA) is 161 Å². The zero-order valence-corrected chi connectivity index (χ0v) is 45.4. The van der Waals surface area contributed by atoms with Crippen LogP contribution in [0.5, 0.6) is 0 Å². The average molecular weight is 1100 g/mol. The van der Waals surface area contributed by atoms with Crippen LogP contribution in [0.15, 0.2) is 247 Å². The number of carbonyl (C=O) groups excluding carboxylic acids is 3. The van der Waals surface area contributed by atoms with E-state index in [4.69, 9.17) is 19.7 Å². The first-order valence-electron chi connectivity index (χ1n) is 26.5. The highest BCUT2D eigenvalue weighted by molar-refractivity contribution is 7.86. The zero-order valence-electron chi connectivity index (χ0n) is 43.8. The van der Waals surface area contributed by atoms with E-state index in [0.29, 0.717) is 22.8 Å². The van der Waals surface area contributed by atoms with E-state index in [0.717, 1.165) is 39.8 Å². The largest absolute Gasteiger partial charge is 0.461 e. The van der Waals surface area contributed by atoms with E-state index in [1.165, 1.54) is 16.2 Å². The number of aromatic nitrogens is 4. The zero-order chi connectivity index (χ0) is 54.9. The van der Waals surface area contributed by atoms with Gasteiger partial charge in [0.05, 0.1) is 23.2 Å². The van der Waals surface area contributed by atoms with Crippen molar-refractivity contribution in [3.8, 4) is 0 Å². The lowest BCUT2D eigenvalue weighted by molar-refractivity contribution is -0.689. The minimum Gasteiger partial charge on any atom is -0.461 e. The first-order valence-corrected chi connectivity index (χ1v) is 28.7. The van der Waals surface area contributed by atoms with Gasteiger partial charge in [-0.05, 0) is 45.9 Å². The maximum atomic E-state index is 15.0. The van der Waals surface area contributed by atoms with Gasteiger partial charge >= 0.3 is 5.97 Å². The lowest BCUT2D eigenvalue weighted by Crippen LogP contribution is -2.74. The number of hydrogen-bond donors (Lipinski definition) is 2. The van der Waals surface area contributed by atoms with Gasteiger partial charge in [0.25, 0.3) is 11.8 Å². The first-order chi connectivity index (χ1) is 39.3. The van der Waals surface area contributed by atoms with Crippen LogP contribution in [0, 0.1) is 0 Å². The molecule has 2 aliphatic rings. The van der Waals surface area contributed by atoms with E-state index >= 15 is 4.79 Å². The Labute approximate surface area is 470 Å². The van der Waals surface area contributed by atoms with Crippen LogP contribution < -0.4 is 15.2 Å². The highest BCUT2D eigenvalue weighted by Gasteiger charge is 2.58. The second-order valence-corrected chi connectivity index (χ2v) is 21.7. The van der Waals surface area contributed by atoms with Gasteiger partial charge in [0.2, 0.25) is 0 Å². The molecule has 0 spiro atoms. The molecular weight excluding hydrogens is 1040 g/mol. The molecule has 0 aliphatic carbocycles. The van der Waals surface area contributed by atoms with Gasteiger partial charge in [-0.1, -0.05) is 207 Å². The fraction of sp³-hybridized carbons (Fsp3) is 0.172. The molecule has 2 amide bonds. The Morgan fingerprint density at radius 2 is 1.24 bits per heavy atom. The standard InChI is InChI=1S/C64H56N8O6S2/c1-2-3-41-77-61(75)57-46(42-70-38-23-10-24-39-70)45-80(76)60-56(59(74)72(57)60)66-58(73)55(54-44-79-62(65-54)67-63(47-25-11-4-12-26-47,48-27-13-5-14-28-48)49-29-15-6-16-30-49)69-78-43-53-37-40-71(68-53)64(50-31-17-7-18-32-50,51-33-19-8-20-34-51)52-35-21-9-22-36-52/h4-40,44,56,60H,2-3,41-43,45H2,1H3,(H-,65,66,67,73)/p+1/t56-,60+,80?/m1/s1. The summed E-state index contributed by atoms with van der Waals surface area (Å²) in [5.74, 6) is -2.12. The Bertz CT molecular complexity index is 3490. The van der Waals surface area contributed by atoms with Crippen molar-refractivity contribution < 1.29 is 32.7 Å². The van der Waals surface area contributed by atoms with Gasteiger partial charge in [-0.3, -0.25) is 23.4 Å². The van der Waals surface area contributed by atoms with E-state index < -0.39 is 51.1 Å².